The Labute approximate surface area is 109 Å². The van der Waals surface area contributed by atoms with E-state index in [4.69, 9.17) is 21.1 Å². The first-order chi connectivity index (χ1) is 8.41. The fourth-order valence-electron chi connectivity index (χ4n) is 1.24. The molecule has 0 aliphatic carbocycles. The Bertz CT molecular complexity index is 439. The Kier molecular flexibility index (Phi) is 5.24. The summed E-state index contributed by atoms with van der Waals surface area (Å²) < 4.78 is 10.5. The first-order valence-electron chi connectivity index (χ1n) is 5.34. The molecule has 1 aromatic heterocycles. The van der Waals surface area contributed by atoms with Crippen LogP contribution in [0.4, 0.5) is 5.69 Å². The SMILES string of the molecule is Cc1nc(Cl)nc(OCCOC(C)C)c1[N+](=O)[O-]. The third-order valence-electron chi connectivity index (χ3n) is 1.95. The van der Waals surface area contributed by atoms with Gasteiger partial charge in [0.1, 0.15) is 12.3 Å². The molecule has 0 amide bonds. The van der Waals surface area contributed by atoms with Gasteiger partial charge < -0.3 is 9.47 Å². The van der Waals surface area contributed by atoms with Crippen molar-refractivity contribution in [3.8, 4) is 5.88 Å². The summed E-state index contributed by atoms with van der Waals surface area (Å²) in [6.07, 6.45) is 0.0688. The maximum atomic E-state index is 10.9. The zero-order valence-electron chi connectivity index (χ0n) is 10.3. The van der Waals surface area contributed by atoms with Crippen LogP contribution in [0.2, 0.25) is 5.28 Å². The van der Waals surface area contributed by atoms with Crippen molar-refractivity contribution in [3.05, 3.63) is 21.1 Å². The van der Waals surface area contributed by atoms with Gasteiger partial charge in [-0.05, 0) is 32.4 Å². The number of halogens is 1. The quantitative estimate of drug-likeness (QED) is 0.342. The van der Waals surface area contributed by atoms with Crippen LogP contribution in [0.3, 0.4) is 0 Å². The van der Waals surface area contributed by atoms with Crippen LogP contribution in [-0.2, 0) is 4.74 Å². The highest BCUT2D eigenvalue weighted by Crippen LogP contribution is 2.28. The van der Waals surface area contributed by atoms with E-state index in [1.807, 2.05) is 13.8 Å². The van der Waals surface area contributed by atoms with Crippen LogP contribution >= 0.6 is 11.6 Å². The fourth-order valence-corrected chi connectivity index (χ4v) is 1.44. The number of nitrogens with zero attached hydrogens (tertiary/aromatic N) is 3. The smallest absolute Gasteiger partial charge is 0.352 e. The molecular weight excluding hydrogens is 262 g/mol. The van der Waals surface area contributed by atoms with Crippen LogP contribution in [0.25, 0.3) is 0 Å². The van der Waals surface area contributed by atoms with Gasteiger partial charge in [-0.1, -0.05) is 0 Å². The second kappa shape index (κ2) is 6.46. The molecule has 0 bridgehead atoms. The molecule has 7 nitrogen and oxygen atoms in total. The highest BCUT2D eigenvalue weighted by molar-refractivity contribution is 6.28. The number of aryl methyl sites for hydroxylation is 1. The fraction of sp³-hybridized carbons (Fsp3) is 0.600. The summed E-state index contributed by atoms with van der Waals surface area (Å²) in [6.45, 7) is 5.72. The molecule has 0 saturated carbocycles. The van der Waals surface area contributed by atoms with E-state index in [1.165, 1.54) is 6.92 Å². The average molecular weight is 276 g/mol. The number of ether oxygens (including phenoxy) is 2. The largest absolute Gasteiger partial charge is 0.470 e. The van der Waals surface area contributed by atoms with Gasteiger partial charge in [0.2, 0.25) is 5.28 Å². The standard InChI is InChI=1S/C10H14ClN3O4/c1-6(2)17-4-5-18-9-8(14(15)16)7(3)12-10(11)13-9/h6H,4-5H2,1-3H3. The lowest BCUT2D eigenvalue weighted by atomic mass is 10.4. The van der Waals surface area contributed by atoms with Crippen molar-refractivity contribution < 1.29 is 14.4 Å². The Morgan fingerprint density at radius 1 is 1.39 bits per heavy atom. The van der Waals surface area contributed by atoms with Gasteiger partial charge in [-0.2, -0.15) is 4.98 Å². The minimum Gasteiger partial charge on any atom is -0.470 e. The summed E-state index contributed by atoms with van der Waals surface area (Å²) in [5.74, 6) is -0.134. The molecule has 100 valence electrons. The van der Waals surface area contributed by atoms with Gasteiger partial charge in [-0.25, -0.2) is 4.98 Å². The molecule has 0 fully saturated rings. The van der Waals surface area contributed by atoms with Gasteiger partial charge in [0.05, 0.1) is 17.6 Å². The maximum Gasteiger partial charge on any atom is 0.352 e. The van der Waals surface area contributed by atoms with E-state index in [2.05, 4.69) is 9.97 Å². The molecule has 0 unspecified atom stereocenters. The first-order valence-corrected chi connectivity index (χ1v) is 5.72. The number of hydrogen-bond donors (Lipinski definition) is 0. The van der Waals surface area contributed by atoms with Gasteiger partial charge in [-0.3, -0.25) is 10.1 Å². The van der Waals surface area contributed by atoms with Crippen molar-refractivity contribution >= 4 is 17.3 Å². The lowest BCUT2D eigenvalue weighted by Crippen LogP contribution is -2.13. The molecule has 0 saturated heterocycles. The van der Waals surface area contributed by atoms with Crippen LogP contribution in [-0.4, -0.2) is 34.2 Å². The number of aromatic nitrogens is 2. The molecule has 1 aromatic rings. The van der Waals surface area contributed by atoms with Crippen molar-refractivity contribution in [1.82, 2.24) is 9.97 Å². The highest BCUT2D eigenvalue weighted by atomic mass is 35.5. The first kappa shape index (κ1) is 14.6. The summed E-state index contributed by atoms with van der Waals surface area (Å²) in [5, 5.41) is 10.8. The van der Waals surface area contributed by atoms with E-state index in [9.17, 15) is 10.1 Å². The van der Waals surface area contributed by atoms with Crippen LogP contribution < -0.4 is 4.74 Å². The monoisotopic (exact) mass is 275 g/mol. The van der Waals surface area contributed by atoms with E-state index in [-0.39, 0.29) is 35.3 Å². The molecule has 0 N–H and O–H groups in total. The predicted molar refractivity (Wildman–Crippen MR) is 65.0 cm³/mol. The van der Waals surface area contributed by atoms with Crippen molar-refractivity contribution in [2.45, 2.75) is 26.9 Å². The van der Waals surface area contributed by atoms with Gasteiger partial charge >= 0.3 is 5.69 Å². The summed E-state index contributed by atoms with van der Waals surface area (Å²) >= 11 is 5.63. The normalized spacial score (nSPS) is 10.7. The summed E-state index contributed by atoms with van der Waals surface area (Å²) in [5.41, 5.74) is -0.108. The van der Waals surface area contributed by atoms with E-state index >= 15 is 0 Å². The Morgan fingerprint density at radius 2 is 2.06 bits per heavy atom. The summed E-state index contributed by atoms with van der Waals surface area (Å²) in [4.78, 5) is 17.7. The predicted octanol–water partition coefficient (Wildman–Crippen LogP) is 2.15. The van der Waals surface area contributed by atoms with Crippen molar-refractivity contribution in [3.63, 3.8) is 0 Å². The van der Waals surface area contributed by atoms with Crippen LogP contribution in [0.1, 0.15) is 19.5 Å². The van der Waals surface area contributed by atoms with Gasteiger partial charge in [-0.15, -0.1) is 0 Å². The molecule has 0 aromatic carbocycles. The molecule has 1 rings (SSSR count). The maximum absolute atomic E-state index is 10.9. The zero-order chi connectivity index (χ0) is 13.7. The zero-order valence-corrected chi connectivity index (χ0v) is 11.1. The molecule has 8 heteroatoms. The molecular formula is C10H14ClN3O4. The third kappa shape index (κ3) is 4.08. The topological polar surface area (TPSA) is 87.4 Å². The molecule has 0 spiro atoms. The van der Waals surface area contributed by atoms with Gasteiger partial charge in [0.15, 0.2) is 0 Å². The third-order valence-corrected chi connectivity index (χ3v) is 2.12. The van der Waals surface area contributed by atoms with Crippen molar-refractivity contribution in [1.29, 1.82) is 0 Å². The molecule has 0 atom stereocenters. The van der Waals surface area contributed by atoms with E-state index in [1.54, 1.807) is 0 Å². The van der Waals surface area contributed by atoms with Crippen LogP contribution in [0, 0.1) is 17.0 Å². The summed E-state index contributed by atoms with van der Waals surface area (Å²) in [6, 6.07) is 0. The average Bonchev–Trinajstić information content (AvgIpc) is 2.22. The second-order valence-corrected chi connectivity index (χ2v) is 4.09. The lowest BCUT2D eigenvalue weighted by molar-refractivity contribution is -0.387. The molecule has 0 aliphatic heterocycles. The Morgan fingerprint density at radius 3 is 2.61 bits per heavy atom. The minimum absolute atomic E-state index is 0.0688. The molecule has 1 heterocycles. The molecule has 0 radical (unpaired) electrons. The van der Waals surface area contributed by atoms with Gasteiger partial charge in [0.25, 0.3) is 5.88 Å². The van der Waals surface area contributed by atoms with E-state index in [0.29, 0.717) is 6.61 Å². The minimum atomic E-state index is -0.593. The number of nitro groups is 1. The number of hydrogen-bond acceptors (Lipinski definition) is 6. The number of rotatable bonds is 6. The van der Waals surface area contributed by atoms with E-state index in [0.717, 1.165) is 0 Å². The highest BCUT2D eigenvalue weighted by Gasteiger charge is 2.23. The van der Waals surface area contributed by atoms with Gasteiger partial charge in [0, 0.05) is 0 Å². The Balaban J connectivity index is 2.77. The second-order valence-electron chi connectivity index (χ2n) is 3.76. The Hall–Kier alpha value is -1.47. The molecule has 0 aliphatic rings. The summed E-state index contributed by atoms with van der Waals surface area (Å²) in [7, 11) is 0. The van der Waals surface area contributed by atoms with Crippen LogP contribution in [0.15, 0.2) is 0 Å². The lowest BCUT2D eigenvalue weighted by Gasteiger charge is -2.09. The van der Waals surface area contributed by atoms with Crippen molar-refractivity contribution in [2.75, 3.05) is 13.2 Å². The van der Waals surface area contributed by atoms with Crippen molar-refractivity contribution in [2.24, 2.45) is 0 Å². The van der Waals surface area contributed by atoms with Crippen LogP contribution in [0.5, 0.6) is 5.88 Å². The molecule has 18 heavy (non-hydrogen) atoms. The van der Waals surface area contributed by atoms with E-state index < -0.39 is 4.92 Å².